The van der Waals surface area contributed by atoms with Crippen molar-refractivity contribution < 1.29 is 4.79 Å². The van der Waals surface area contributed by atoms with Gasteiger partial charge in [0.2, 0.25) is 5.91 Å². The fraction of sp³-hybridized carbons (Fsp3) is 0.417. The van der Waals surface area contributed by atoms with E-state index in [2.05, 4.69) is 4.98 Å². The predicted molar refractivity (Wildman–Crippen MR) is 74.6 cm³/mol. The number of carbonyl (C=O) groups is 1. The number of likely N-dealkylation sites (N-methyl/N-ethyl adjacent to an activating group) is 1. The Labute approximate surface area is 112 Å². The average molecular weight is 264 g/mol. The molecule has 0 unspecified atom stereocenters. The smallest absolute Gasteiger partial charge is 0.241 e. The molecule has 0 spiro atoms. The molecule has 0 atom stereocenters. The minimum atomic E-state index is 0.118. The van der Waals surface area contributed by atoms with E-state index in [9.17, 15) is 4.79 Å². The highest BCUT2D eigenvalue weighted by Crippen LogP contribution is 2.14. The Bertz CT molecular complexity index is 460. The highest BCUT2D eigenvalue weighted by Gasteiger charge is 2.19. The lowest BCUT2D eigenvalue weighted by atomic mass is 10.2. The molecule has 0 radical (unpaired) electrons. The van der Waals surface area contributed by atoms with Crippen LogP contribution in [-0.2, 0) is 4.79 Å². The molecule has 96 valence electrons. The van der Waals surface area contributed by atoms with Gasteiger partial charge in [-0.25, -0.2) is 4.98 Å². The summed E-state index contributed by atoms with van der Waals surface area (Å²) in [6, 6.07) is 3.69. The average Bonchev–Trinajstić information content (AvgIpc) is 2.52. The molecule has 2 rings (SSSR count). The van der Waals surface area contributed by atoms with Gasteiger partial charge in [0.15, 0.2) is 0 Å². The number of anilines is 1. The number of pyridine rings is 1. The van der Waals surface area contributed by atoms with E-state index in [4.69, 9.17) is 18.0 Å². The second-order valence-corrected chi connectivity index (χ2v) is 4.80. The van der Waals surface area contributed by atoms with Gasteiger partial charge in [0.1, 0.15) is 10.8 Å². The van der Waals surface area contributed by atoms with Crippen LogP contribution in [0.1, 0.15) is 12.0 Å². The van der Waals surface area contributed by atoms with Crippen molar-refractivity contribution in [3.05, 3.63) is 23.9 Å². The summed E-state index contributed by atoms with van der Waals surface area (Å²) < 4.78 is 0. The molecule has 0 saturated carbocycles. The number of carbonyl (C=O) groups excluding carboxylic acids is 1. The topological polar surface area (TPSA) is 62.5 Å². The number of hydrogen-bond donors (Lipinski definition) is 1. The van der Waals surface area contributed by atoms with Gasteiger partial charge in [-0.1, -0.05) is 12.2 Å². The first-order chi connectivity index (χ1) is 8.58. The van der Waals surface area contributed by atoms with E-state index in [0.717, 1.165) is 30.9 Å². The van der Waals surface area contributed by atoms with Crippen molar-refractivity contribution in [2.24, 2.45) is 5.73 Å². The highest BCUT2D eigenvalue weighted by molar-refractivity contribution is 7.80. The molecule has 1 aliphatic heterocycles. The van der Waals surface area contributed by atoms with Crippen LogP contribution in [0.3, 0.4) is 0 Å². The van der Waals surface area contributed by atoms with Gasteiger partial charge in [-0.05, 0) is 18.6 Å². The van der Waals surface area contributed by atoms with E-state index in [1.165, 1.54) is 0 Å². The molecular formula is C12H16N4OS. The number of nitrogens with zero attached hydrogens (tertiary/aromatic N) is 3. The van der Waals surface area contributed by atoms with Crippen LogP contribution in [0.25, 0.3) is 0 Å². The lowest BCUT2D eigenvalue weighted by Crippen LogP contribution is -2.34. The standard InChI is InChI=1S/C12H16N4OS/c1-15-5-2-6-16(8-11(15)17)10-4-3-9(7-14-10)12(13)18/h3-4,7H,2,5-6,8H2,1H3,(H2,13,18). The van der Waals surface area contributed by atoms with Crippen molar-refractivity contribution >= 4 is 28.9 Å². The van der Waals surface area contributed by atoms with Crippen LogP contribution >= 0.6 is 12.2 Å². The van der Waals surface area contributed by atoms with Crippen LogP contribution in [0.2, 0.25) is 0 Å². The normalized spacial score (nSPS) is 16.6. The Morgan fingerprint density at radius 2 is 2.22 bits per heavy atom. The maximum absolute atomic E-state index is 11.8. The van der Waals surface area contributed by atoms with Crippen LogP contribution in [0.4, 0.5) is 5.82 Å². The molecule has 2 heterocycles. The van der Waals surface area contributed by atoms with E-state index in [0.29, 0.717) is 11.5 Å². The van der Waals surface area contributed by atoms with Gasteiger partial charge in [0, 0.05) is 31.9 Å². The summed E-state index contributed by atoms with van der Waals surface area (Å²) in [5, 5.41) is 0. The van der Waals surface area contributed by atoms with E-state index in [-0.39, 0.29) is 5.91 Å². The summed E-state index contributed by atoms with van der Waals surface area (Å²) >= 11 is 4.88. The zero-order valence-corrected chi connectivity index (χ0v) is 11.1. The van der Waals surface area contributed by atoms with E-state index in [1.807, 2.05) is 24.1 Å². The monoisotopic (exact) mass is 264 g/mol. The molecule has 5 nitrogen and oxygen atoms in total. The SMILES string of the molecule is CN1CCCN(c2ccc(C(N)=S)cn2)CC1=O. The maximum atomic E-state index is 11.8. The molecule has 1 aliphatic rings. The van der Waals surface area contributed by atoms with Crippen molar-refractivity contribution in [2.45, 2.75) is 6.42 Å². The molecule has 0 aromatic carbocycles. The highest BCUT2D eigenvalue weighted by atomic mass is 32.1. The van der Waals surface area contributed by atoms with Gasteiger partial charge < -0.3 is 15.5 Å². The third kappa shape index (κ3) is 2.76. The minimum absolute atomic E-state index is 0.118. The minimum Gasteiger partial charge on any atom is -0.389 e. The number of hydrogen-bond acceptors (Lipinski definition) is 4. The summed E-state index contributed by atoms with van der Waals surface area (Å²) in [7, 11) is 1.83. The summed E-state index contributed by atoms with van der Waals surface area (Å²) in [6.07, 6.45) is 2.59. The fourth-order valence-electron chi connectivity index (χ4n) is 1.90. The quantitative estimate of drug-likeness (QED) is 0.783. The third-order valence-electron chi connectivity index (χ3n) is 3.03. The molecule has 2 N–H and O–H groups in total. The van der Waals surface area contributed by atoms with Gasteiger partial charge in [-0.3, -0.25) is 4.79 Å². The molecule has 0 bridgehead atoms. The molecule has 1 aromatic rings. The van der Waals surface area contributed by atoms with Crippen LogP contribution in [0.15, 0.2) is 18.3 Å². The summed E-state index contributed by atoms with van der Waals surface area (Å²) in [5.41, 5.74) is 6.27. The molecule has 1 fully saturated rings. The molecule has 6 heteroatoms. The molecule has 18 heavy (non-hydrogen) atoms. The number of amides is 1. The Balaban J connectivity index is 2.15. The molecule has 1 aromatic heterocycles. The number of rotatable bonds is 2. The molecule has 1 amide bonds. The van der Waals surface area contributed by atoms with Gasteiger partial charge in [-0.15, -0.1) is 0 Å². The van der Waals surface area contributed by atoms with E-state index >= 15 is 0 Å². The number of thiocarbonyl (C=S) groups is 1. The zero-order valence-electron chi connectivity index (χ0n) is 10.3. The van der Waals surface area contributed by atoms with Crippen molar-refractivity contribution in [3.63, 3.8) is 0 Å². The Morgan fingerprint density at radius 3 is 2.83 bits per heavy atom. The second-order valence-electron chi connectivity index (χ2n) is 4.36. The first kappa shape index (κ1) is 12.8. The second kappa shape index (κ2) is 5.30. The van der Waals surface area contributed by atoms with Gasteiger partial charge >= 0.3 is 0 Å². The van der Waals surface area contributed by atoms with Crippen LogP contribution in [-0.4, -0.2) is 47.5 Å². The van der Waals surface area contributed by atoms with Crippen LogP contribution in [0.5, 0.6) is 0 Å². The summed E-state index contributed by atoms with van der Waals surface area (Å²) in [5.74, 6) is 0.909. The van der Waals surface area contributed by atoms with Crippen molar-refractivity contribution in [2.75, 3.05) is 31.6 Å². The van der Waals surface area contributed by atoms with E-state index in [1.54, 1.807) is 11.1 Å². The first-order valence-corrected chi connectivity index (χ1v) is 6.23. The first-order valence-electron chi connectivity index (χ1n) is 5.82. The largest absolute Gasteiger partial charge is 0.389 e. The zero-order chi connectivity index (χ0) is 13.1. The number of nitrogens with two attached hydrogens (primary N) is 1. The molecule has 0 aliphatic carbocycles. The Morgan fingerprint density at radius 1 is 1.44 bits per heavy atom. The molecule has 1 saturated heterocycles. The predicted octanol–water partition coefficient (Wildman–Crippen LogP) is 0.384. The Kier molecular flexibility index (Phi) is 3.76. The van der Waals surface area contributed by atoms with E-state index < -0.39 is 0 Å². The fourth-order valence-corrected chi connectivity index (χ4v) is 2.02. The Hall–Kier alpha value is -1.69. The maximum Gasteiger partial charge on any atom is 0.241 e. The lowest BCUT2D eigenvalue weighted by Gasteiger charge is -2.20. The van der Waals surface area contributed by atoms with Gasteiger partial charge in [0.25, 0.3) is 0 Å². The van der Waals surface area contributed by atoms with Crippen molar-refractivity contribution in [3.8, 4) is 0 Å². The summed E-state index contributed by atoms with van der Waals surface area (Å²) in [4.78, 5) is 20.2. The molecular weight excluding hydrogens is 248 g/mol. The van der Waals surface area contributed by atoms with Gasteiger partial charge in [-0.2, -0.15) is 0 Å². The third-order valence-corrected chi connectivity index (χ3v) is 3.27. The van der Waals surface area contributed by atoms with Crippen LogP contribution in [0, 0.1) is 0 Å². The number of aromatic nitrogens is 1. The van der Waals surface area contributed by atoms with Crippen LogP contribution < -0.4 is 10.6 Å². The van der Waals surface area contributed by atoms with Crippen molar-refractivity contribution in [1.29, 1.82) is 0 Å². The van der Waals surface area contributed by atoms with Gasteiger partial charge in [0.05, 0.1) is 6.54 Å². The lowest BCUT2D eigenvalue weighted by molar-refractivity contribution is -0.127. The van der Waals surface area contributed by atoms with Crippen molar-refractivity contribution in [1.82, 2.24) is 9.88 Å². The summed E-state index contributed by atoms with van der Waals surface area (Å²) in [6.45, 7) is 1.99.